The number of nitrogens with zero attached hydrogens (tertiary/aromatic N) is 2. The van der Waals surface area contributed by atoms with Crippen LogP contribution in [0.2, 0.25) is 0 Å². The molecule has 0 fully saturated rings. The van der Waals surface area contributed by atoms with Gasteiger partial charge in [-0.05, 0) is 12.8 Å². The van der Waals surface area contributed by atoms with E-state index in [4.69, 9.17) is 10.5 Å². The van der Waals surface area contributed by atoms with Gasteiger partial charge < -0.3 is 0 Å². The van der Waals surface area contributed by atoms with Gasteiger partial charge in [-0.15, -0.1) is 0 Å². The molecule has 0 radical (unpaired) electrons. The number of nitriles is 2. The van der Waals surface area contributed by atoms with Gasteiger partial charge in [-0.2, -0.15) is 10.5 Å². The average molecular weight is 110 g/mol. The van der Waals surface area contributed by atoms with Crippen molar-refractivity contribution in [1.82, 2.24) is 0 Å². The summed E-state index contributed by atoms with van der Waals surface area (Å²) in [6, 6.07) is 4.03. The molecule has 0 aliphatic carbocycles. The molecule has 0 saturated carbocycles. The standard InChI is InChI=1S/C6H8N2.H2/c7-5-3-1-2-4-6-8;/h1-4H2;1H. The van der Waals surface area contributed by atoms with Gasteiger partial charge in [0.2, 0.25) is 0 Å². The largest absolute Gasteiger partial charge is 0.198 e. The molecule has 2 heteroatoms. The van der Waals surface area contributed by atoms with Gasteiger partial charge in [0.1, 0.15) is 0 Å². The Bertz CT molecular complexity index is 104. The van der Waals surface area contributed by atoms with Crippen LogP contribution in [0.15, 0.2) is 0 Å². The highest BCUT2D eigenvalue weighted by Crippen LogP contribution is 1.95. The Labute approximate surface area is 50.8 Å². The highest BCUT2D eigenvalue weighted by Gasteiger charge is 1.83. The first-order chi connectivity index (χ1) is 3.91. The van der Waals surface area contributed by atoms with Crippen molar-refractivity contribution in [3.8, 4) is 12.1 Å². The zero-order valence-electron chi connectivity index (χ0n) is 4.72. The van der Waals surface area contributed by atoms with E-state index in [0.717, 1.165) is 12.8 Å². The molecule has 0 rings (SSSR count). The molecule has 0 heterocycles. The number of unbranched alkanes of at least 4 members (excludes halogenated alkanes) is 3. The molecule has 0 aromatic rings. The lowest BCUT2D eigenvalue weighted by Crippen LogP contribution is -1.70. The summed E-state index contributed by atoms with van der Waals surface area (Å²) >= 11 is 0. The molecule has 0 saturated heterocycles. The van der Waals surface area contributed by atoms with Crippen molar-refractivity contribution in [2.45, 2.75) is 25.7 Å². The predicted molar refractivity (Wildman–Crippen MR) is 31.8 cm³/mol. The second-order valence-electron chi connectivity index (χ2n) is 1.52. The van der Waals surface area contributed by atoms with E-state index in [9.17, 15) is 0 Å². The molecule has 2 nitrogen and oxygen atoms in total. The minimum absolute atomic E-state index is 0. The van der Waals surface area contributed by atoms with Gasteiger partial charge >= 0.3 is 0 Å². The molecule has 8 heavy (non-hydrogen) atoms. The monoisotopic (exact) mass is 110 g/mol. The number of rotatable bonds is 3. The van der Waals surface area contributed by atoms with Crippen LogP contribution in [-0.4, -0.2) is 0 Å². The molecule has 0 aromatic carbocycles. The van der Waals surface area contributed by atoms with Crippen LogP contribution >= 0.6 is 0 Å². The fourth-order valence-corrected chi connectivity index (χ4v) is 0.408. The smallest absolute Gasteiger partial charge is 0.0621 e. The Morgan fingerprint density at radius 3 is 1.62 bits per heavy atom. The molecule has 0 aliphatic rings. The summed E-state index contributed by atoms with van der Waals surface area (Å²) in [5, 5.41) is 16.1. The molecular weight excluding hydrogens is 100 g/mol. The van der Waals surface area contributed by atoms with Crippen LogP contribution in [0.1, 0.15) is 27.1 Å². The van der Waals surface area contributed by atoms with Crippen LogP contribution in [0.4, 0.5) is 0 Å². The molecule has 0 aliphatic heterocycles. The van der Waals surface area contributed by atoms with Crippen molar-refractivity contribution in [3.05, 3.63) is 0 Å². The first-order valence-electron chi connectivity index (χ1n) is 2.65. The van der Waals surface area contributed by atoms with Crippen LogP contribution in [0.3, 0.4) is 0 Å². The molecule has 0 atom stereocenters. The van der Waals surface area contributed by atoms with Crippen LogP contribution < -0.4 is 0 Å². The minimum atomic E-state index is 0. The van der Waals surface area contributed by atoms with E-state index >= 15 is 0 Å². The first-order valence-corrected chi connectivity index (χ1v) is 2.65. The normalized spacial score (nSPS) is 7.25. The summed E-state index contributed by atoms with van der Waals surface area (Å²) in [5.41, 5.74) is 0. The van der Waals surface area contributed by atoms with E-state index in [2.05, 4.69) is 0 Å². The van der Waals surface area contributed by atoms with Crippen LogP contribution in [0.5, 0.6) is 0 Å². The number of hydrogen-bond donors (Lipinski definition) is 0. The predicted octanol–water partition coefficient (Wildman–Crippen LogP) is 1.84. The van der Waals surface area contributed by atoms with Gasteiger partial charge in [-0.3, -0.25) is 0 Å². The third-order valence-corrected chi connectivity index (χ3v) is 0.827. The van der Waals surface area contributed by atoms with Gasteiger partial charge in [0.05, 0.1) is 12.1 Å². The minimum Gasteiger partial charge on any atom is -0.198 e. The highest BCUT2D eigenvalue weighted by atomic mass is 14.2. The molecule has 0 unspecified atom stereocenters. The van der Waals surface area contributed by atoms with Crippen molar-refractivity contribution in [3.63, 3.8) is 0 Å². The number of hydrogen-bond acceptors (Lipinski definition) is 2. The molecule has 0 aromatic heterocycles. The van der Waals surface area contributed by atoms with E-state index in [0.29, 0.717) is 12.8 Å². The lowest BCUT2D eigenvalue weighted by molar-refractivity contribution is 0.773. The molecule has 0 N–H and O–H groups in total. The van der Waals surface area contributed by atoms with Gasteiger partial charge in [0, 0.05) is 14.3 Å². The topological polar surface area (TPSA) is 47.6 Å². The Hall–Kier alpha value is -1.02. The quantitative estimate of drug-likeness (QED) is 0.520. The summed E-state index contributed by atoms with van der Waals surface area (Å²) < 4.78 is 0. The van der Waals surface area contributed by atoms with Crippen molar-refractivity contribution in [2.75, 3.05) is 0 Å². The molecule has 44 valence electrons. The van der Waals surface area contributed by atoms with Crippen LogP contribution in [0.25, 0.3) is 0 Å². The van der Waals surface area contributed by atoms with Crippen molar-refractivity contribution in [2.24, 2.45) is 0 Å². The van der Waals surface area contributed by atoms with E-state index in [1.807, 2.05) is 12.1 Å². The highest BCUT2D eigenvalue weighted by molar-refractivity contribution is 4.72. The van der Waals surface area contributed by atoms with Gasteiger partial charge in [0.15, 0.2) is 0 Å². The zero-order valence-corrected chi connectivity index (χ0v) is 4.72. The maximum Gasteiger partial charge on any atom is 0.0621 e. The fourth-order valence-electron chi connectivity index (χ4n) is 0.408. The maximum absolute atomic E-state index is 8.03. The summed E-state index contributed by atoms with van der Waals surface area (Å²) in [4.78, 5) is 0. The van der Waals surface area contributed by atoms with Crippen LogP contribution in [0, 0.1) is 22.7 Å². The zero-order chi connectivity index (χ0) is 6.24. The molecule has 0 spiro atoms. The molecule has 0 amide bonds. The Kier molecular flexibility index (Phi) is 5.22. The SMILES string of the molecule is N#CCCCCC#N.[HH]. The lowest BCUT2D eigenvalue weighted by atomic mass is 10.2. The van der Waals surface area contributed by atoms with E-state index in [1.165, 1.54) is 0 Å². The summed E-state index contributed by atoms with van der Waals surface area (Å²) in [7, 11) is 0. The average Bonchev–Trinajstić information content (AvgIpc) is 1.81. The van der Waals surface area contributed by atoms with Gasteiger partial charge in [0.25, 0.3) is 0 Å². The van der Waals surface area contributed by atoms with Crippen molar-refractivity contribution in [1.29, 1.82) is 10.5 Å². The van der Waals surface area contributed by atoms with Gasteiger partial charge in [-0.1, -0.05) is 0 Å². The lowest BCUT2D eigenvalue weighted by Gasteiger charge is -1.83. The second-order valence-corrected chi connectivity index (χ2v) is 1.52. The van der Waals surface area contributed by atoms with E-state index in [-0.39, 0.29) is 1.43 Å². The van der Waals surface area contributed by atoms with E-state index in [1.54, 1.807) is 0 Å². The van der Waals surface area contributed by atoms with Gasteiger partial charge in [-0.25, -0.2) is 0 Å². The third kappa shape index (κ3) is 4.98. The Morgan fingerprint density at radius 2 is 1.38 bits per heavy atom. The van der Waals surface area contributed by atoms with Crippen LogP contribution in [-0.2, 0) is 0 Å². The summed E-state index contributed by atoms with van der Waals surface area (Å²) in [5.74, 6) is 0. The van der Waals surface area contributed by atoms with E-state index < -0.39 is 0 Å². The second kappa shape index (κ2) is 5.98. The molecule has 0 bridgehead atoms. The fraction of sp³-hybridized carbons (Fsp3) is 0.667. The molecular formula is C6H10N2. The maximum atomic E-state index is 8.03. The van der Waals surface area contributed by atoms with Crippen molar-refractivity contribution >= 4 is 0 Å². The Balaban J connectivity index is 0. The first kappa shape index (κ1) is 6.98. The summed E-state index contributed by atoms with van der Waals surface area (Å²) in [6.07, 6.45) is 2.90. The van der Waals surface area contributed by atoms with Crippen molar-refractivity contribution < 1.29 is 1.43 Å². The Morgan fingerprint density at radius 1 is 1.00 bits per heavy atom. The third-order valence-electron chi connectivity index (χ3n) is 0.827. The summed E-state index contributed by atoms with van der Waals surface area (Å²) in [6.45, 7) is 0.